The van der Waals surface area contributed by atoms with E-state index in [9.17, 15) is 9.18 Å². The van der Waals surface area contributed by atoms with E-state index in [0.717, 1.165) is 34.2 Å². The van der Waals surface area contributed by atoms with Crippen LogP contribution in [0.3, 0.4) is 0 Å². The van der Waals surface area contributed by atoms with Crippen LogP contribution in [0.5, 0.6) is 0 Å². The van der Waals surface area contributed by atoms with Crippen molar-refractivity contribution in [1.29, 1.82) is 0 Å². The maximum Gasteiger partial charge on any atom is 0.228 e. The van der Waals surface area contributed by atoms with Gasteiger partial charge in [-0.05, 0) is 17.7 Å². The molecule has 1 aromatic heterocycles. The lowest BCUT2D eigenvalue weighted by molar-refractivity contribution is -0.187. The van der Waals surface area contributed by atoms with E-state index in [4.69, 9.17) is 9.47 Å². The fourth-order valence-corrected chi connectivity index (χ4v) is 5.11. The van der Waals surface area contributed by atoms with Crippen molar-refractivity contribution in [2.75, 3.05) is 26.3 Å². The maximum absolute atomic E-state index is 12.9. The van der Waals surface area contributed by atoms with Gasteiger partial charge in [-0.3, -0.25) is 4.79 Å². The van der Waals surface area contributed by atoms with E-state index in [-0.39, 0.29) is 11.7 Å². The summed E-state index contributed by atoms with van der Waals surface area (Å²) in [5, 5.41) is 1.94. The van der Waals surface area contributed by atoms with Crippen LogP contribution in [0.4, 0.5) is 4.39 Å². The number of benzene rings is 1. The molecule has 2 aliphatic rings. The summed E-state index contributed by atoms with van der Waals surface area (Å²) in [6, 6.07) is 6.49. The predicted octanol–water partition coefficient (Wildman–Crippen LogP) is 3.48. The minimum atomic E-state index is -0.457. The summed E-state index contributed by atoms with van der Waals surface area (Å²) in [5.41, 5.74) is 1.85. The highest BCUT2D eigenvalue weighted by Gasteiger charge is 2.40. The van der Waals surface area contributed by atoms with E-state index >= 15 is 0 Å². The van der Waals surface area contributed by atoms with Crippen LogP contribution >= 0.6 is 23.1 Å². The van der Waals surface area contributed by atoms with Gasteiger partial charge in [-0.25, -0.2) is 9.37 Å². The summed E-state index contributed by atoms with van der Waals surface area (Å²) in [7, 11) is 0. The van der Waals surface area contributed by atoms with Gasteiger partial charge in [0.05, 0.1) is 25.3 Å². The highest BCUT2D eigenvalue weighted by Crippen LogP contribution is 2.32. The Morgan fingerprint density at radius 2 is 1.93 bits per heavy atom. The fourth-order valence-electron chi connectivity index (χ4n) is 3.31. The van der Waals surface area contributed by atoms with Crippen LogP contribution in [0.1, 0.15) is 24.1 Å². The van der Waals surface area contributed by atoms with E-state index < -0.39 is 5.79 Å². The Bertz CT molecular complexity index is 781. The third-order valence-corrected chi connectivity index (χ3v) is 6.97. The SMILES string of the molecule is O=C(Cc1csc(SCc2ccc(F)cc2)n1)N1CCC2(CC1)OCCO2. The third kappa shape index (κ3) is 4.68. The molecule has 0 saturated carbocycles. The number of piperidine rings is 1. The molecular formula is C19H21FN2O3S2. The van der Waals surface area contributed by atoms with Crippen molar-refractivity contribution in [3.63, 3.8) is 0 Å². The van der Waals surface area contributed by atoms with Crippen molar-refractivity contribution >= 4 is 29.0 Å². The number of nitrogens with zero attached hydrogens (tertiary/aromatic N) is 2. The van der Waals surface area contributed by atoms with Gasteiger partial charge in [0.1, 0.15) is 10.2 Å². The molecule has 2 aliphatic heterocycles. The second-order valence-electron chi connectivity index (χ2n) is 6.69. The summed E-state index contributed by atoms with van der Waals surface area (Å²) in [4.78, 5) is 19.0. The molecule has 2 fully saturated rings. The van der Waals surface area contributed by atoms with Gasteiger partial charge in [-0.15, -0.1) is 11.3 Å². The molecule has 8 heteroatoms. The summed E-state index contributed by atoms with van der Waals surface area (Å²) in [6.07, 6.45) is 1.78. The number of hydrogen-bond acceptors (Lipinski definition) is 6. The number of carbonyl (C=O) groups is 1. The van der Waals surface area contributed by atoms with E-state index in [2.05, 4.69) is 4.98 Å². The summed E-state index contributed by atoms with van der Waals surface area (Å²) in [5.74, 6) is 0.147. The highest BCUT2D eigenvalue weighted by atomic mass is 32.2. The molecule has 0 aliphatic carbocycles. The molecule has 1 amide bonds. The first-order valence-corrected chi connectivity index (χ1v) is 10.9. The lowest BCUT2D eigenvalue weighted by Crippen LogP contribution is -2.47. The summed E-state index contributed by atoms with van der Waals surface area (Å²) < 4.78 is 25.3. The Morgan fingerprint density at radius 3 is 2.63 bits per heavy atom. The lowest BCUT2D eigenvalue weighted by Gasteiger charge is -2.37. The van der Waals surface area contributed by atoms with Crippen LogP contribution in [0.25, 0.3) is 0 Å². The number of aromatic nitrogens is 1. The van der Waals surface area contributed by atoms with Crippen molar-refractivity contribution in [3.05, 3.63) is 46.7 Å². The molecule has 0 unspecified atom stereocenters. The number of thioether (sulfide) groups is 1. The second-order valence-corrected chi connectivity index (χ2v) is 8.77. The number of amides is 1. The van der Waals surface area contributed by atoms with Crippen molar-refractivity contribution in [2.24, 2.45) is 0 Å². The zero-order valence-corrected chi connectivity index (χ0v) is 16.5. The van der Waals surface area contributed by atoms with Crippen LogP contribution in [0.2, 0.25) is 0 Å². The standard InChI is InChI=1S/C19H21FN2O3S2/c20-15-3-1-14(2-4-15)12-26-18-21-16(13-27-18)11-17(23)22-7-5-19(6-8-22)24-9-10-25-19/h1-4,13H,5-12H2. The number of halogens is 1. The Balaban J connectivity index is 1.26. The number of thiazole rings is 1. The van der Waals surface area contributed by atoms with Crippen LogP contribution in [-0.2, 0) is 26.4 Å². The third-order valence-electron chi connectivity index (χ3n) is 4.83. The van der Waals surface area contributed by atoms with Gasteiger partial charge in [-0.2, -0.15) is 0 Å². The number of ether oxygens (including phenoxy) is 2. The van der Waals surface area contributed by atoms with Crippen LogP contribution < -0.4 is 0 Å². The average molecular weight is 409 g/mol. The fraction of sp³-hybridized carbons (Fsp3) is 0.474. The Hall–Kier alpha value is -1.48. The molecule has 2 aromatic rings. The lowest BCUT2D eigenvalue weighted by atomic mass is 10.0. The molecule has 2 saturated heterocycles. The van der Waals surface area contributed by atoms with E-state index in [1.807, 2.05) is 10.3 Å². The molecule has 1 aromatic carbocycles. The topological polar surface area (TPSA) is 51.7 Å². The molecule has 0 bridgehead atoms. The van der Waals surface area contributed by atoms with Crippen LogP contribution in [-0.4, -0.2) is 47.9 Å². The Labute approximate surface area is 165 Å². The van der Waals surface area contributed by atoms with E-state index in [1.54, 1.807) is 35.2 Å². The smallest absolute Gasteiger partial charge is 0.228 e. The molecular weight excluding hydrogens is 387 g/mol. The van der Waals surface area contributed by atoms with Gasteiger partial charge in [0.2, 0.25) is 5.91 Å². The van der Waals surface area contributed by atoms with Gasteiger partial charge in [0, 0.05) is 37.1 Å². The molecule has 0 atom stereocenters. The summed E-state index contributed by atoms with van der Waals surface area (Å²) in [6.45, 7) is 2.61. The highest BCUT2D eigenvalue weighted by molar-refractivity contribution is 8.00. The zero-order valence-electron chi connectivity index (χ0n) is 14.9. The number of carbonyl (C=O) groups excluding carboxylic acids is 1. The van der Waals surface area contributed by atoms with Gasteiger partial charge >= 0.3 is 0 Å². The van der Waals surface area contributed by atoms with E-state index in [1.165, 1.54) is 12.1 Å². The van der Waals surface area contributed by atoms with Crippen LogP contribution in [0, 0.1) is 5.82 Å². The predicted molar refractivity (Wildman–Crippen MR) is 102 cm³/mol. The minimum absolute atomic E-state index is 0.100. The average Bonchev–Trinajstić information content (AvgIpc) is 3.32. The van der Waals surface area contributed by atoms with Crippen LogP contribution in [0.15, 0.2) is 34.0 Å². The Kier molecular flexibility index (Phi) is 5.77. The number of rotatable bonds is 5. The first-order chi connectivity index (χ1) is 13.1. The largest absolute Gasteiger partial charge is 0.347 e. The van der Waals surface area contributed by atoms with Gasteiger partial charge in [-0.1, -0.05) is 23.9 Å². The van der Waals surface area contributed by atoms with Crippen molar-refractivity contribution in [3.8, 4) is 0 Å². The number of likely N-dealkylation sites (tertiary alicyclic amines) is 1. The Morgan fingerprint density at radius 1 is 1.22 bits per heavy atom. The number of hydrogen-bond donors (Lipinski definition) is 0. The molecule has 0 radical (unpaired) electrons. The quantitative estimate of drug-likeness (QED) is 0.709. The van der Waals surface area contributed by atoms with Crippen molar-refractivity contribution in [1.82, 2.24) is 9.88 Å². The second kappa shape index (κ2) is 8.26. The first kappa shape index (κ1) is 18.9. The van der Waals surface area contributed by atoms with Gasteiger partial charge < -0.3 is 14.4 Å². The van der Waals surface area contributed by atoms with E-state index in [0.29, 0.717) is 32.7 Å². The van der Waals surface area contributed by atoms with Gasteiger partial charge in [0.25, 0.3) is 0 Å². The molecule has 144 valence electrons. The summed E-state index contributed by atoms with van der Waals surface area (Å²) >= 11 is 3.15. The minimum Gasteiger partial charge on any atom is -0.347 e. The molecule has 5 nitrogen and oxygen atoms in total. The zero-order chi connectivity index (χ0) is 18.7. The molecule has 3 heterocycles. The molecule has 0 N–H and O–H groups in total. The molecule has 1 spiro atoms. The molecule has 27 heavy (non-hydrogen) atoms. The monoisotopic (exact) mass is 408 g/mol. The normalized spacial score (nSPS) is 18.9. The van der Waals surface area contributed by atoms with Crippen molar-refractivity contribution in [2.45, 2.75) is 35.1 Å². The molecule has 4 rings (SSSR count). The van der Waals surface area contributed by atoms with Gasteiger partial charge in [0.15, 0.2) is 5.79 Å². The first-order valence-electron chi connectivity index (χ1n) is 8.99. The van der Waals surface area contributed by atoms with Crippen molar-refractivity contribution < 1.29 is 18.7 Å². The maximum atomic E-state index is 12.9.